The number of nitrogens with zero attached hydrogens (tertiary/aromatic N) is 2. The summed E-state index contributed by atoms with van der Waals surface area (Å²) in [6, 6.07) is 6.12. The Hall–Kier alpha value is -3.20. The van der Waals surface area contributed by atoms with E-state index in [-0.39, 0.29) is 28.0 Å². The highest BCUT2D eigenvalue weighted by Gasteiger charge is 2.26. The first-order chi connectivity index (χ1) is 16.3. The van der Waals surface area contributed by atoms with Crippen LogP contribution in [0.15, 0.2) is 24.3 Å². The van der Waals surface area contributed by atoms with Crippen LogP contribution in [0.3, 0.4) is 0 Å². The molecule has 36 heavy (non-hydrogen) atoms. The van der Waals surface area contributed by atoms with Crippen molar-refractivity contribution in [3.05, 3.63) is 66.7 Å². The fourth-order valence-electron chi connectivity index (χ4n) is 3.39. The molecule has 0 amide bonds. The summed E-state index contributed by atoms with van der Waals surface area (Å²) >= 11 is 0. The van der Waals surface area contributed by atoms with Crippen LogP contribution in [0.25, 0.3) is 0 Å². The first-order valence-corrected chi connectivity index (χ1v) is 11.9. The number of nitro benzene ring substituents is 2. The maximum Gasteiger partial charge on any atom is 0.317 e. The third-order valence-corrected chi connectivity index (χ3v) is 5.53. The van der Waals surface area contributed by atoms with E-state index in [1.807, 2.05) is 21.0 Å². The highest BCUT2D eigenvalue weighted by Crippen LogP contribution is 2.40. The number of aromatic hydroxyl groups is 2. The topological polar surface area (TPSA) is 139 Å². The normalized spacial score (nSPS) is 12.0. The zero-order valence-corrected chi connectivity index (χ0v) is 23.5. The maximum atomic E-state index is 10.7. The quantitative estimate of drug-likeness (QED) is 0.305. The van der Waals surface area contributed by atoms with Gasteiger partial charge in [0.25, 0.3) is 5.69 Å². The van der Waals surface area contributed by atoms with Crippen LogP contribution in [0.1, 0.15) is 90.0 Å². The number of rotatable bonds is 4. The zero-order valence-electron chi connectivity index (χ0n) is 23.5. The number of nitrogens with one attached hydrogen (secondary N) is 1. The molecule has 202 valence electrons. The lowest BCUT2D eigenvalue weighted by Gasteiger charge is -2.27. The van der Waals surface area contributed by atoms with Crippen LogP contribution in [0.4, 0.5) is 11.4 Å². The van der Waals surface area contributed by atoms with Gasteiger partial charge in [0.05, 0.1) is 15.9 Å². The molecule has 0 heterocycles. The van der Waals surface area contributed by atoms with Gasteiger partial charge in [0.15, 0.2) is 5.75 Å². The van der Waals surface area contributed by atoms with Crippen molar-refractivity contribution in [1.82, 2.24) is 5.32 Å². The van der Waals surface area contributed by atoms with Crippen molar-refractivity contribution in [2.45, 2.75) is 85.5 Å². The van der Waals surface area contributed by atoms with Crippen molar-refractivity contribution >= 4 is 11.4 Å². The number of non-ortho nitro benzene ring substituents is 1. The Labute approximate surface area is 214 Å². The summed E-state index contributed by atoms with van der Waals surface area (Å²) in [6.07, 6.45) is 0.617. The monoisotopic (exact) mass is 505 g/mol. The molecule has 0 aliphatic heterocycles. The number of aryl methyl sites for hydroxylation is 1. The van der Waals surface area contributed by atoms with Gasteiger partial charge in [-0.15, -0.1) is 0 Å². The summed E-state index contributed by atoms with van der Waals surface area (Å²) in [5, 5.41) is 44.2. The van der Waals surface area contributed by atoms with E-state index >= 15 is 0 Å². The lowest BCUT2D eigenvalue weighted by molar-refractivity contribution is -0.394. The van der Waals surface area contributed by atoms with Gasteiger partial charge < -0.3 is 15.5 Å². The smallest absolute Gasteiger partial charge is 0.317 e. The number of phenols is 2. The lowest BCUT2D eigenvalue weighted by atomic mass is 9.78. The van der Waals surface area contributed by atoms with E-state index in [1.54, 1.807) is 6.92 Å². The maximum absolute atomic E-state index is 10.7. The van der Waals surface area contributed by atoms with Crippen molar-refractivity contribution in [2.75, 3.05) is 14.1 Å². The van der Waals surface area contributed by atoms with E-state index in [9.17, 15) is 30.4 Å². The molecule has 0 saturated carbocycles. The molecule has 0 bridgehead atoms. The summed E-state index contributed by atoms with van der Waals surface area (Å²) in [4.78, 5) is 19.8. The molecule has 9 nitrogen and oxygen atoms in total. The summed E-state index contributed by atoms with van der Waals surface area (Å²) < 4.78 is 0. The number of phenolic OH excluding ortho intramolecular Hbond substituents is 2. The first-order valence-electron chi connectivity index (χ1n) is 11.9. The molecule has 1 unspecified atom stereocenters. The third-order valence-electron chi connectivity index (χ3n) is 5.53. The second-order valence-electron chi connectivity index (χ2n) is 10.9. The van der Waals surface area contributed by atoms with Crippen LogP contribution < -0.4 is 5.32 Å². The van der Waals surface area contributed by atoms with Crippen LogP contribution >= 0.6 is 0 Å². The SMILES string of the molecule is CCC(C)c1cc([N+](=O)[O-])cc([N+](=O)[O-])c1O.CNC.Cc1cc(C(C)(C)C)c(O)c(C(C)(C)C)c1. The fourth-order valence-corrected chi connectivity index (χ4v) is 3.39. The summed E-state index contributed by atoms with van der Waals surface area (Å²) in [7, 11) is 3.75. The first kappa shape index (κ1) is 32.8. The molecule has 0 aliphatic rings. The molecule has 0 fully saturated rings. The van der Waals surface area contributed by atoms with E-state index in [4.69, 9.17) is 0 Å². The van der Waals surface area contributed by atoms with E-state index in [0.29, 0.717) is 12.2 Å². The van der Waals surface area contributed by atoms with Crippen molar-refractivity contribution in [2.24, 2.45) is 0 Å². The van der Waals surface area contributed by atoms with Gasteiger partial charge in [-0.25, -0.2) is 0 Å². The van der Waals surface area contributed by atoms with Crippen molar-refractivity contribution < 1.29 is 20.1 Å². The molecule has 9 heteroatoms. The minimum atomic E-state index is -0.825. The Morgan fingerprint density at radius 2 is 1.28 bits per heavy atom. The molecule has 0 spiro atoms. The summed E-state index contributed by atoms with van der Waals surface area (Å²) in [5.41, 5.74) is 2.47. The molecule has 3 N–H and O–H groups in total. The third kappa shape index (κ3) is 9.11. The van der Waals surface area contributed by atoms with Gasteiger partial charge in [0.2, 0.25) is 0 Å². The summed E-state index contributed by atoms with van der Waals surface area (Å²) in [6.45, 7) is 18.5. The number of benzene rings is 2. The van der Waals surface area contributed by atoms with Crippen molar-refractivity contribution in [3.63, 3.8) is 0 Å². The van der Waals surface area contributed by atoms with Crippen LogP contribution in [0.5, 0.6) is 11.5 Å². The molecule has 0 radical (unpaired) electrons. The van der Waals surface area contributed by atoms with Gasteiger partial charge in [-0.1, -0.05) is 73.1 Å². The van der Waals surface area contributed by atoms with Gasteiger partial charge in [-0.2, -0.15) is 0 Å². The molecule has 0 aliphatic carbocycles. The van der Waals surface area contributed by atoms with Gasteiger partial charge in [-0.3, -0.25) is 20.2 Å². The van der Waals surface area contributed by atoms with Crippen molar-refractivity contribution in [3.8, 4) is 11.5 Å². The Bertz CT molecular complexity index is 1020. The van der Waals surface area contributed by atoms with Crippen LogP contribution in [-0.2, 0) is 10.8 Å². The Morgan fingerprint density at radius 1 is 0.861 bits per heavy atom. The molecular formula is C27H43N3O6. The van der Waals surface area contributed by atoms with E-state index in [0.717, 1.165) is 17.2 Å². The predicted molar refractivity (Wildman–Crippen MR) is 145 cm³/mol. The Kier molecular flexibility index (Phi) is 12.0. The molecule has 2 rings (SSSR count). The standard InChI is InChI=1S/C15H24O.C10H12N2O5.C2H7N/c1-10-8-11(14(2,3)4)13(16)12(9-10)15(5,6)7;1-3-6(2)8-4-7(11(14)15)5-9(10(8)13)12(16)17;1-3-2/h8-9,16H,1-7H3;4-6,13H,3H2,1-2H3;3H,1-2H3. The largest absolute Gasteiger partial charge is 0.507 e. The van der Waals surface area contributed by atoms with Gasteiger partial charge >= 0.3 is 5.69 Å². The molecule has 1 atom stereocenters. The average Bonchev–Trinajstić information content (AvgIpc) is 2.73. The Morgan fingerprint density at radius 3 is 1.58 bits per heavy atom. The van der Waals surface area contributed by atoms with E-state index in [2.05, 4.69) is 65.9 Å². The van der Waals surface area contributed by atoms with Gasteiger partial charge in [-0.05, 0) is 55.3 Å². The second-order valence-corrected chi connectivity index (χ2v) is 10.9. The zero-order chi connectivity index (χ0) is 28.6. The molecule has 2 aromatic rings. The second kappa shape index (κ2) is 13.2. The van der Waals surface area contributed by atoms with E-state index < -0.39 is 21.3 Å². The van der Waals surface area contributed by atoms with Gasteiger partial charge in [0.1, 0.15) is 5.75 Å². The lowest BCUT2D eigenvalue weighted by Crippen LogP contribution is -2.17. The predicted octanol–water partition coefficient (Wildman–Crippen LogP) is 6.85. The highest BCUT2D eigenvalue weighted by molar-refractivity contribution is 5.58. The average molecular weight is 506 g/mol. The summed E-state index contributed by atoms with van der Waals surface area (Å²) in [5.74, 6) is -0.214. The number of hydrogen-bond donors (Lipinski definition) is 3. The van der Waals surface area contributed by atoms with Crippen LogP contribution in [0, 0.1) is 27.2 Å². The number of nitro groups is 2. The molecular weight excluding hydrogens is 462 g/mol. The molecule has 0 aromatic heterocycles. The molecule has 0 saturated heterocycles. The minimum absolute atomic E-state index is 0.0178. The van der Waals surface area contributed by atoms with Gasteiger partial charge in [0, 0.05) is 11.6 Å². The minimum Gasteiger partial charge on any atom is -0.507 e. The van der Waals surface area contributed by atoms with E-state index in [1.165, 1.54) is 11.6 Å². The number of hydrogen-bond acceptors (Lipinski definition) is 7. The van der Waals surface area contributed by atoms with Crippen LogP contribution in [0.2, 0.25) is 0 Å². The Balaban J connectivity index is 0.000000614. The van der Waals surface area contributed by atoms with Crippen LogP contribution in [-0.4, -0.2) is 34.2 Å². The van der Waals surface area contributed by atoms with Crippen molar-refractivity contribution in [1.29, 1.82) is 0 Å². The fraction of sp³-hybridized carbons (Fsp3) is 0.556. The highest BCUT2D eigenvalue weighted by atomic mass is 16.6. The molecule has 2 aromatic carbocycles.